The van der Waals surface area contributed by atoms with E-state index in [1.807, 2.05) is 104 Å². The number of aromatic amines is 1. The fraction of sp³-hybridized carbons (Fsp3) is 0.188. The number of ether oxygens (including phenoxy) is 1. The number of hydrogen-bond acceptors (Lipinski definition) is 5. The molecule has 214 valence electrons. The molecule has 1 unspecified atom stereocenters. The Bertz CT molecular complexity index is 1320. The van der Waals surface area contributed by atoms with Gasteiger partial charge in [-0.1, -0.05) is 91.1 Å². The number of primary amides is 1. The Kier molecular flexibility index (Phi) is 14.2. The molecule has 0 radical (unpaired) electrons. The number of carbonyl (C=O) groups is 3. The number of aliphatic imine (C=N–C) groups is 1. The molecule has 1 aliphatic rings. The Morgan fingerprint density at radius 3 is 2.12 bits per heavy atom. The number of aliphatic carboxylic acids is 1. The number of rotatable bonds is 15. The summed E-state index contributed by atoms with van der Waals surface area (Å²) in [6, 6.07) is 2.53. The first kappa shape index (κ1) is 32.0. The molecule has 5 N–H and O–H groups in total. The quantitative estimate of drug-likeness (QED) is 0.186. The van der Waals surface area contributed by atoms with E-state index in [2.05, 4.69) is 15.3 Å². The van der Waals surface area contributed by atoms with E-state index in [1.54, 1.807) is 18.2 Å². The number of H-pyrrole nitrogens is 1. The van der Waals surface area contributed by atoms with Crippen LogP contribution < -0.4 is 11.1 Å². The topological polar surface area (TPSA) is 147 Å². The van der Waals surface area contributed by atoms with Crippen LogP contribution in [0.2, 0.25) is 0 Å². The van der Waals surface area contributed by atoms with Gasteiger partial charge >= 0.3 is 5.97 Å². The van der Waals surface area contributed by atoms with Crippen molar-refractivity contribution in [3.8, 4) is 0 Å². The molecule has 1 aliphatic heterocycles. The summed E-state index contributed by atoms with van der Waals surface area (Å²) in [6.45, 7) is 3.54. The molecule has 3 atom stereocenters. The van der Waals surface area contributed by atoms with E-state index >= 15 is 0 Å². The third-order valence-corrected chi connectivity index (χ3v) is 5.45. The van der Waals surface area contributed by atoms with Gasteiger partial charge in [0.2, 0.25) is 17.7 Å². The van der Waals surface area contributed by atoms with Crippen LogP contribution in [0.25, 0.3) is 6.08 Å². The minimum Gasteiger partial charge on any atom is -0.480 e. The van der Waals surface area contributed by atoms with Gasteiger partial charge in [0, 0.05) is 23.5 Å². The lowest BCUT2D eigenvalue weighted by molar-refractivity contribution is -0.142. The second-order valence-electron chi connectivity index (χ2n) is 8.82. The van der Waals surface area contributed by atoms with Crippen LogP contribution >= 0.6 is 0 Å². The SMILES string of the molecule is C\C(=C/C=C/C=C/C=C/C=C/C=C/C=C/C=C/[C@H]1N=C(/C=C/c2ccc[nH]2)O[C@@H]1C)C(=O)NC(CC(N)=O)C(=O)O. The maximum absolute atomic E-state index is 12.0. The highest BCUT2D eigenvalue weighted by molar-refractivity contribution is 5.96. The normalized spacial score (nSPS) is 19.2. The number of nitrogens with zero attached hydrogens (tertiary/aromatic N) is 1. The van der Waals surface area contributed by atoms with Crippen LogP contribution in [0.4, 0.5) is 0 Å². The van der Waals surface area contributed by atoms with Gasteiger partial charge in [0.1, 0.15) is 18.2 Å². The number of carbonyl (C=O) groups excluding carboxylic acids is 2. The van der Waals surface area contributed by atoms with E-state index in [1.165, 1.54) is 13.0 Å². The molecular formula is C32H36N4O5. The molecule has 2 rings (SSSR count). The Balaban J connectivity index is 1.68. The van der Waals surface area contributed by atoms with Crippen LogP contribution in [0.15, 0.2) is 126 Å². The molecule has 1 aromatic rings. The number of allylic oxidation sites excluding steroid dienone is 14. The number of carboxylic acid groups (broad SMARTS) is 1. The first-order valence-corrected chi connectivity index (χ1v) is 13.0. The minimum atomic E-state index is -1.36. The number of amides is 2. The lowest BCUT2D eigenvalue weighted by Crippen LogP contribution is -2.43. The van der Waals surface area contributed by atoms with Crippen molar-refractivity contribution in [2.24, 2.45) is 10.7 Å². The van der Waals surface area contributed by atoms with Gasteiger partial charge in [-0.25, -0.2) is 9.79 Å². The number of nitrogens with two attached hydrogens (primary N) is 1. The molecule has 2 heterocycles. The molecule has 2 amide bonds. The smallest absolute Gasteiger partial charge is 0.326 e. The average Bonchev–Trinajstić information content (AvgIpc) is 3.58. The highest BCUT2D eigenvalue weighted by Crippen LogP contribution is 2.16. The number of nitrogens with one attached hydrogen (secondary N) is 2. The van der Waals surface area contributed by atoms with Gasteiger partial charge in [-0.2, -0.15) is 0 Å². The Morgan fingerprint density at radius 2 is 1.59 bits per heavy atom. The predicted octanol–water partition coefficient (Wildman–Crippen LogP) is 4.50. The first-order valence-electron chi connectivity index (χ1n) is 13.0. The fourth-order valence-electron chi connectivity index (χ4n) is 3.27. The van der Waals surface area contributed by atoms with Gasteiger partial charge in [0.25, 0.3) is 0 Å². The van der Waals surface area contributed by atoms with E-state index in [0.29, 0.717) is 11.5 Å². The lowest BCUT2D eigenvalue weighted by Gasteiger charge is -2.12. The molecule has 0 spiro atoms. The summed E-state index contributed by atoms with van der Waals surface area (Å²) in [6.07, 6.45) is 32.9. The summed E-state index contributed by atoms with van der Waals surface area (Å²) >= 11 is 0. The van der Waals surface area contributed by atoms with Crippen molar-refractivity contribution < 1.29 is 24.2 Å². The second kappa shape index (κ2) is 18.2. The van der Waals surface area contributed by atoms with E-state index in [9.17, 15) is 14.4 Å². The summed E-state index contributed by atoms with van der Waals surface area (Å²) < 4.78 is 5.78. The zero-order valence-corrected chi connectivity index (χ0v) is 23.1. The van der Waals surface area contributed by atoms with E-state index in [0.717, 1.165) is 5.69 Å². The molecule has 0 fully saturated rings. The first-order chi connectivity index (χ1) is 19.8. The van der Waals surface area contributed by atoms with Gasteiger partial charge in [-0.3, -0.25) is 9.59 Å². The van der Waals surface area contributed by atoms with Crippen molar-refractivity contribution in [2.45, 2.75) is 38.5 Å². The summed E-state index contributed by atoms with van der Waals surface area (Å²) in [5.41, 5.74) is 6.29. The summed E-state index contributed by atoms with van der Waals surface area (Å²) in [7, 11) is 0. The minimum absolute atomic E-state index is 0.0148. The fourth-order valence-corrected chi connectivity index (χ4v) is 3.27. The standard InChI is InChI=1S/C32H36N4O5/c1-24(31(38)36-28(32(39)40)23-29(33)37)17-14-12-10-8-6-4-3-5-7-9-11-13-15-19-27-25(2)41-30(35-27)21-20-26-18-16-22-34-26/h3-22,25,27-28,34H,23H2,1-2H3,(H2,33,37)(H,36,38)(H,39,40)/b5-3+,6-4+,9-7+,10-8+,13-11+,14-12+,19-15+,21-20+,24-17+/t25-,27-,28?/m1/s1. The Morgan fingerprint density at radius 1 is 1.00 bits per heavy atom. The van der Waals surface area contributed by atoms with Gasteiger partial charge in [-0.05, 0) is 32.1 Å². The predicted molar refractivity (Wildman–Crippen MR) is 163 cm³/mol. The molecule has 1 aromatic heterocycles. The largest absolute Gasteiger partial charge is 0.480 e. The monoisotopic (exact) mass is 556 g/mol. The highest BCUT2D eigenvalue weighted by Gasteiger charge is 2.23. The van der Waals surface area contributed by atoms with Gasteiger partial charge in [0.15, 0.2) is 0 Å². The van der Waals surface area contributed by atoms with Crippen molar-refractivity contribution in [2.75, 3.05) is 0 Å². The lowest BCUT2D eigenvalue weighted by atomic mass is 10.1. The maximum Gasteiger partial charge on any atom is 0.326 e. The number of aromatic nitrogens is 1. The molecule has 0 aliphatic carbocycles. The maximum atomic E-state index is 12.0. The zero-order valence-electron chi connectivity index (χ0n) is 23.1. The van der Waals surface area contributed by atoms with Crippen molar-refractivity contribution in [3.05, 3.63) is 127 Å². The van der Waals surface area contributed by atoms with Crippen LogP contribution in [-0.2, 0) is 19.1 Å². The van der Waals surface area contributed by atoms with Crippen molar-refractivity contribution >= 4 is 29.8 Å². The summed E-state index contributed by atoms with van der Waals surface area (Å²) in [4.78, 5) is 41.8. The third kappa shape index (κ3) is 13.4. The van der Waals surface area contributed by atoms with Crippen LogP contribution in [0.5, 0.6) is 0 Å². The van der Waals surface area contributed by atoms with Crippen LogP contribution in [0.1, 0.15) is 26.0 Å². The number of carboxylic acids is 1. The zero-order chi connectivity index (χ0) is 29.9. The molecule has 9 nitrogen and oxygen atoms in total. The molecular weight excluding hydrogens is 520 g/mol. The molecule has 9 heteroatoms. The Labute approximate surface area is 240 Å². The molecule has 0 saturated carbocycles. The van der Waals surface area contributed by atoms with E-state index < -0.39 is 30.2 Å². The van der Waals surface area contributed by atoms with Crippen molar-refractivity contribution in [1.29, 1.82) is 0 Å². The van der Waals surface area contributed by atoms with E-state index in [-0.39, 0.29) is 12.1 Å². The van der Waals surface area contributed by atoms with Crippen molar-refractivity contribution in [3.63, 3.8) is 0 Å². The van der Waals surface area contributed by atoms with Crippen LogP contribution in [-0.4, -0.2) is 52.0 Å². The van der Waals surface area contributed by atoms with Crippen LogP contribution in [0.3, 0.4) is 0 Å². The summed E-state index contributed by atoms with van der Waals surface area (Å²) in [5.74, 6) is -2.10. The van der Waals surface area contributed by atoms with Gasteiger partial charge < -0.3 is 25.9 Å². The molecule has 0 bridgehead atoms. The third-order valence-electron chi connectivity index (χ3n) is 5.45. The van der Waals surface area contributed by atoms with Gasteiger partial charge in [0.05, 0.1) is 6.42 Å². The Hall–Kier alpha value is -5.18. The second-order valence-corrected chi connectivity index (χ2v) is 8.82. The van der Waals surface area contributed by atoms with Crippen LogP contribution in [0, 0.1) is 0 Å². The molecule has 41 heavy (non-hydrogen) atoms. The molecule has 0 saturated heterocycles. The van der Waals surface area contributed by atoms with Gasteiger partial charge in [-0.15, -0.1) is 0 Å². The highest BCUT2D eigenvalue weighted by atomic mass is 16.5. The average molecular weight is 557 g/mol. The van der Waals surface area contributed by atoms with E-state index in [4.69, 9.17) is 15.6 Å². The molecule has 0 aromatic carbocycles. The summed E-state index contributed by atoms with van der Waals surface area (Å²) in [5, 5.41) is 11.3. The van der Waals surface area contributed by atoms with Crippen molar-refractivity contribution in [1.82, 2.24) is 10.3 Å². The number of hydrogen-bond donors (Lipinski definition) is 4.